The van der Waals surface area contributed by atoms with Gasteiger partial charge in [0.1, 0.15) is 0 Å². The molecule has 3 heteroatoms. The predicted octanol–water partition coefficient (Wildman–Crippen LogP) is 5.55. The standard InChI is InChI=1S/C17H13NS2/c1-3-9-16-14(7-1)18(12-13-6-5-11-19-13)15-8-2-4-10-17(15)20-16/h1-11H,12H2. The minimum Gasteiger partial charge on any atom is -0.334 e. The molecule has 0 unspecified atom stereocenters. The molecule has 0 aliphatic carbocycles. The van der Waals surface area contributed by atoms with Gasteiger partial charge >= 0.3 is 0 Å². The monoisotopic (exact) mass is 295 g/mol. The van der Waals surface area contributed by atoms with Gasteiger partial charge in [-0.25, -0.2) is 0 Å². The highest BCUT2D eigenvalue weighted by atomic mass is 32.2. The lowest BCUT2D eigenvalue weighted by molar-refractivity contribution is 0.954. The van der Waals surface area contributed by atoms with E-state index in [9.17, 15) is 0 Å². The lowest BCUT2D eigenvalue weighted by Crippen LogP contribution is -2.19. The summed E-state index contributed by atoms with van der Waals surface area (Å²) in [5, 5.41) is 2.14. The van der Waals surface area contributed by atoms with Gasteiger partial charge in [-0.2, -0.15) is 0 Å². The Bertz CT molecular complexity index is 689. The average Bonchev–Trinajstić information content (AvgIpc) is 3.00. The molecule has 0 fully saturated rings. The lowest BCUT2D eigenvalue weighted by Gasteiger charge is -2.32. The van der Waals surface area contributed by atoms with Gasteiger partial charge in [-0.3, -0.25) is 0 Å². The quantitative estimate of drug-likeness (QED) is 0.609. The Labute approximate surface area is 126 Å². The summed E-state index contributed by atoms with van der Waals surface area (Å²) in [6.45, 7) is 0.937. The summed E-state index contributed by atoms with van der Waals surface area (Å²) in [6.07, 6.45) is 0. The molecule has 0 atom stereocenters. The third-order valence-corrected chi connectivity index (χ3v) is 5.42. The zero-order valence-electron chi connectivity index (χ0n) is 10.8. The molecular formula is C17H13NS2. The van der Waals surface area contributed by atoms with Crippen LogP contribution in [0.15, 0.2) is 75.8 Å². The molecule has 0 N–H and O–H groups in total. The highest BCUT2D eigenvalue weighted by Crippen LogP contribution is 2.48. The highest BCUT2D eigenvalue weighted by Gasteiger charge is 2.22. The third-order valence-electron chi connectivity index (χ3n) is 3.43. The Kier molecular flexibility index (Phi) is 3.02. The molecule has 20 heavy (non-hydrogen) atoms. The average molecular weight is 295 g/mol. The molecule has 98 valence electrons. The number of benzene rings is 2. The van der Waals surface area contributed by atoms with Crippen molar-refractivity contribution in [1.82, 2.24) is 0 Å². The number of hydrogen-bond donors (Lipinski definition) is 0. The van der Waals surface area contributed by atoms with Crippen molar-refractivity contribution in [3.63, 3.8) is 0 Å². The van der Waals surface area contributed by atoms with Crippen molar-refractivity contribution in [2.75, 3.05) is 4.90 Å². The van der Waals surface area contributed by atoms with Crippen LogP contribution in [0.5, 0.6) is 0 Å². The molecule has 1 aliphatic heterocycles. The molecule has 1 nitrogen and oxygen atoms in total. The fourth-order valence-corrected chi connectivity index (χ4v) is 4.30. The summed E-state index contributed by atoms with van der Waals surface area (Å²) in [4.78, 5) is 6.49. The van der Waals surface area contributed by atoms with E-state index >= 15 is 0 Å². The van der Waals surface area contributed by atoms with Gasteiger partial charge in [-0.1, -0.05) is 42.1 Å². The molecule has 0 radical (unpaired) electrons. The second-order valence-corrected chi connectivity index (χ2v) is 6.82. The van der Waals surface area contributed by atoms with Gasteiger partial charge in [0.2, 0.25) is 0 Å². The van der Waals surface area contributed by atoms with E-state index in [4.69, 9.17) is 0 Å². The Hall–Kier alpha value is -1.71. The molecule has 3 aromatic rings. The van der Waals surface area contributed by atoms with Crippen LogP contribution in [0, 0.1) is 0 Å². The SMILES string of the molecule is c1csc(CN2c3ccccc3Sc3ccccc32)c1. The van der Waals surface area contributed by atoms with Gasteiger partial charge in [0.25, 0.3) is 0 Å². The maximum atomic E-state index is 2.42. The number of hydrogen-bond acceptors (Lipinski definition) is 3. The van der Waals surface area contributed by atoms with Crippen molar-refractivity contribution < 1.29 is 0 Å². The molecule has 0 saturated carbocycles. The molecule has 0 saturated heterocycles. The molecule has 1 aromatic heterocycles. The van der Waals surface area contributed by atoms with Crippen LogP contribution in [-0.2, 0) is 6.54 Å². The van der Waals surface area contributed by atoms with Crippen LogP contribution in [0.25, 0.3) is 0 Å². The molecule has 0 amide bonds. The Morgan fingerprint density at radius 3 is 2.00 bits per heavy atom. The maximum absolute atomic E-state index is 2.42. The van der Waals surface area contributed by atoms with E-state index in [0.29, 0.717) is 0 Å². The first-order chi connectivity index (χ1) is 9.92. The van der Waals surface area contributed by atoms with Crippen LogP contribution >= 0.6 is 23.1 Å². The van der Waals surface area contributed by atoms with Gasteiger partial charge in [-0.05, 0) is 35.7 Å². The fourth-order valence-electron chi connectivity index (χ4n) is 2.51. The number of anilines is 2. The van der Waals surface area contributed by atoms with Crippen LogP contribution in [0.3, 0.4) is 0 Å². The van der Waals surface area contributed by atoms with E-state index in [1.165, 1.54) is 26.0 Å². The summed E-state index contributed by atoms with van der Waals surface area (Å²) in [5.74, 6) is 0. The van der Waals surface area contributed by atoms with E-state index in [2.05, 4.69) is 70.9 Å². The second kappa shape index (κ2) is 5.00. The van der Waals surface area contributed by atoms with Crippen LogP contribution < -0.4 is 4.90 Å². The number of fused-ring (bicyclic) bond motifs is 2. The maximum Gasteiger partial charge on any atom is 0.0575 e. The van der Waals surface area contributed by atoms with Gasteiger partial charge in [0, 0.05) is 14.7 Å². The second-order valence-electron chi connectivity index (χ2n) is 4.70. The predicted molar refractivity (Wildman–Crippen MR) is 87.2 cm³/mol. The van der Waals surface area contributed by atoms with E-state index in [1.54, 1.807) is 0 Å². The molecule has 0 bridgehead atoms. The Morgan fingerprint density at radius 1 is 0.750 bits per heavy atom. The largest absolute Gasteiger partial charge is 0.334 e. The van der Waals surface area contributed by atoms with Gasteiger partial charge in [0.05, 0.1) is 17.9 Å². The van der Waals surface area contributed by atoms with Crippen molar-refractivity contribution in [2.45, 2.75) is 16.3 Å². The topological polar surface area (TPSA) is 3.24 Å². The van der Waals surface area contributed by atoms with Crippen LogP contribution in [-0.4, -0.2) is 0 Å². The number of thiophene rings is 1. The van der Waals surface area contributed by atoms with Gasteiger partial charge in [-0.15, -0.1) is 11.3 Å². The van der Waals surface area contributed by atoms with Crippen molar-refractivity contribution in [2.24, 2.45) is 0 Å². The molecule has 2 heterocycles. The zero-order valence-corrected chi connectivity index (χ0v) is 12.5. The summed E-state index contributed by atoms with van der Waals surface area (Å²) in [5.41, 5.74) is 2.62. The highest BCUT2D eigenvalue weighted by molar-refractivity contribution is 7.99. The molecule has 2 aromatic carbocycles. The smallest absolute Gasteiger partial charge is 0.0575 e. The van der Waals surface area contributed by atoms with Gasteiger partial charge < -0.3 is 4.90 Å². The summed E-state index contributed by atoms with van der Waals surface area (Å²) in [6, 6.07) is 21.6. The normalized spacial score (nSPS) is 12.9. The van der Waals surface area contributed by atoms with Crippen LogP contribution in [0.2, 0.25) is 0 Å². The third kappa shape index (κ3) is 2.03. The Morgan fingerprint density at radius 2 is 1.40 bits per heavy atom. The molecular weight excluding hydrogens is 282 g/mol. The molecule has 4 rings (SSSR count). The number of para-hydroxylation sites is 2. The molecule has 1 aliphatic rings. The zero-order chi connectivity index (χ0) is 13.4. The summed E-state index contributed by atoms with van der Waals surface area (Å²) >= 11 is 3.68. The van der Waals surface area contributed by atoms with Crippen LogP contribution in [0.4, 0.5) is 11.4 Å². The summed E-state index contributed by atoms with van der Waals surface area (Å²) < 4.78 is 0. The minimum absolute atomic E-state index is 0.937. The first-order valence-corrected chi connectivity index (χ1v) is 8.27. The van der Waals surface area contributed by atoms with E-state index < -0.39 is 0 Å². The van der Waals surface area contributed by atoms with Crippen LogP contribution in [0.1, 0.15) is 4.88 Å². The van der Waals surface area contributed by atoms with E-state index in [1.807, 2.05) is 23.1 Å². The van der Waals surface area contributed by atoms with Crippen molar-refractivity contribution in [3.8, 4) is 0 Å². The Balaban J connectivity index is 1.84. The first-order valence-electron chi connectivity index (χ1n) is 6.58. The van der Waals surface area contributed by atoms with E-state index in [-0.39, 0.29) is 0 Å². The minimum atomic E-state index is 0.937. The summed E-state index contributed by atoms with van der Waals surface area (Å²) in [7, 11) is 0. The lowest BCUT2D eigenvalue weighted by atomic mass is 10.2. The van der Waals surface area contributed by atoms with E-state index in [0.717, 1.165) is 6.54 Å². The molecule has 0 spiro atoms. The van der Waals surface area contributed by atoms with Crippen molar-refractivity contribution in [3.05, 3.63) is 70.9 Å². The first kappa shape index (κ1) is 12.1. The van der Waals surface area contributed by atoms with Crippen molar-refractivity contribution in [1.29, 1.82) is 0 Å². The fraction of sp³-hybridized carbons (Fsp3) is 0.0588. The number of nitrogens with zero attached hydrogens (tertiary/aromatic N) is 1. The number of rotatable bonds is 2. The van der Waals surface area contributed by atoms with Crippen molar-refractivity contribution >= 4 is 34.5 Å². The van der Waals surface area contributed by atoms with Gasteiger partial charge in [0.15, 0.2) is 0 Å².